The summed E-state index contributed by atoms with van der Waals surface area (Å²) in [5, 5.41) is 22.5. The first-order valence-electron chi connectivity index (χ1n) is 11.9. The number of aliphatic hydroxyl groups is 2. The van der Waals surface area contributed by atoms with Gasteiger partial charge in [0.25, 0.3) is 0 Å². The van der Waals surface area contributed by atoms with Gasteiger partial charge in [0.05, 0.1) is 0 Å². The van der Waals surface area contributed by atoms with Crippen LogP contribution in [0.15, 0.2) is 0 Å². The van der Waals surface area contributed by atoms with Crippen molar-refractivity contribution in [3.8, 4) is 0 Å². The number of hydrogen-bond donors (Lipinski definition) is 2. The lowest BCUT2D eigenvalue weighted by atomic mass is 9.85. The molecule has 0 unspecified atom stereocenters. The quantitative estimate of drug-likeness (QED) is 0.611. The number of fused-ring (bicyclic) bond motifs is 2. The van der Waals surface area contributed by atoms with E-state index in [0.717, 1.165) is 25.7 Å². The molecular formula is C24H44O6. The lowest BCUT2D eigenvalue weighted by molar-refractivity contribution is -0.225. The van der Waals surface area contributed by atoms with Crippen LogP contribution in [0.25, 0.3) is 0 Å². The van der Waals surface area contributed by atoms with Gasteiger partial charge in [0, 0.05) is 25.7 Å². The minimum Gasteiger partial charge on any atom is -0.387 e. The van der Waals surface area contributed by atoms with Crippen molar-refractivity contribution in [2.24, 2.45) is 23.7 Å². The second-order valence-corrected chi connectivity index (χ2v) is 11.5. The number of rotatable bonds is 8. The molecule has 0 aromatic carbocycles. The van der Waals surface area contributed by atoms with E-state index in [0.29, 0.717) is 23.7 Å². The topological polar surface area (TPSA) is 77.4 Å². The smallest absolute Gasteiger partial charge is 0.170 e. The van der Waals surface area contributed by atoms with Gasteiger partial charge >= 0.3 is 0 Å². The summed E-state index contributed by atoms with van der Waals surface area (Å²) < 4.78 is 25.7. The van der Waals surface area contributed by atoms with Gasteiger partial charge in [-0.1, -0.05) is 55.4 Å². The zero-order valence-electron chi connectivity index (χ0n) is 20.1. The van der Waals surface area contributed by atoms with Crippen LogP contribution in [-0.4, -0.2) is 58.4 Å². The molecule has 0 amide bonds. The monoisotopic (exact) mass is 428 g/mol. The largest absolute Gasteiger partial charge is 0.387 e. The highest BCUT2D eigenvalue weighted by Crippen LogP contribution is 2.49. The minimum absolute atomic E-state index is 0.370. The lowest BCUT2D eigenvalue weighted by Crippen LogP contribution is -2.61. The fraction of sp³-hybridized carbons (Fsp3) is 1.00. The summed E-state index contributed by atoms with van der Waals surface area (Å²) in [6.45, 7) is 17.1. The molecule has 0 spiro atoms. The van der Waals surface area contributed by atoms with Gasteiger partial charge in [-0.15, -0.1) is 0 Å². The van der Waals surface area contributed by atoms with E-state index in [9.17, 15) is 10.2 Å². The van der Waals surface area contributed by atoms with Crippen molar-refractivity contribution in [1.29, 1.82) is 0 Å². The van der Waals surface area contributed by atoms with Gasteiger partial charge in [0.1, 0.15) is 36.6 Å². The summed E-state index contributed by atoms with van der Waals surface area (Å²) in [5.74, 6) is -0.0918. The maximum absolute atomic E-state index is 11.2. The molecule has 6 atom stereocenters. The SMILES string of the molecule is CC(C)CC1(CC(C)C)O[C@@H]2[C@@H](O)[C@@H]3OC(CC(C)C)(CC(C)C)O[C@H]3[C@H](O)[C@@H]2O1. The molecule has 1 saturated carbocycles. The zero-order chi connectivity index (χ0) is 22.4. The van der Waals surface area contributed by atoms with Gasteiger partial charge in [-0.3, -0.25) is 0 Å². The summed E-state index contributed by atoms with van der Waals surface area (Å²) in [6, 6.07) is 0. The predicted octanol–water partition coefficient (Wildman–Crippen LogP) is 3.87. The van der Waals surface area contributed by atoms with Crippen LogP contribution in [0.2, 0.25) is 0 Å². The van der Waals surface area contributed by atoms with Crippen LogP contribution in [0.3, 0.4) is 0 Å². The fourth-order valence-electron chi connectivity index (χ4n) is 5.79. The lowest BCUT2D eigenvalue weighted by Gasteiger charge is -2.38. The molecule has 0 aromatic heterocycles. The third kappa shape index (κ3) is 4.89. The standard InChI is InChI=1S/C24H44O6/c1-13(2)9-23(10-14(3)4)27-19-17(25)21-22(18(26)20(19)28-23)30-24(29-21,11-15(5)6)12-16(7)8/h13-22,25-26H,9-12H2,1-8H3/t17-,18-,19-,20-,21-,22+/m0/s1. The fourth-order valence-corrected chi connectivity index (χ4v) is 5.79. The van der Waals surface area contributed by atoms with E-state index >= 15 is 0 Å². The molecule has 3 aliphatic rings. The summed E-state index contributed by atoms with van der Waals surface area (Å²) in [4.78, 5) is 0. The molecule has 0 bridgehead atoms. The molecular weight excluding hydrogens is 384 g/mol. The van der Waals surface area contributed by atoms with Crippen LogP contribution in [0, 0.1) is 23.7 Å². The Morgan fingerprint density at radius 2 is 0.700 bits per heavy atom. The molecule has 2 heterocycles. The van der Waals surface area contributed by atoms with E-state index in [-0.39, 0.29) is 0 Å². The van der Waals surface area contributed by atoms with Crippen molar-refractivity contribution in [2.45, 2.75) is 129 Å². The Balaban J connectivity index is 1.84. The molecule has 2 N–H and O–H groups in total. The first-order valence-corrected chi connectivity index (χ1v) is 11.9. The summed E-state index contributed by atoms with van der Waals surface area (Å²) in [7, 11) is 0. The Kier molecular flexibility index (Phi) is 7.28. The average molecular weight is 429 g/mol. The van der Waals surface area contributed by atoms with Crippen molar-refractivity contribution in [1.82, 2.24) is 0 Å². The van der Waals surface area contributed by atoms with Gasteiger partial charge in [-0.25, -0.2) is 0 Å². The van der Waals surface area contributed by atoms with E-state index in [2.05, 4.69) is 55.4 Å². The normalized spacial score (nSPS) is 37.4. The van der Waals surface area contributed by atoms with Gasteiger partial charge in [0.2, 0.25) is 0 Å². The maximum atomic E-state index is 11.2. The molecule has 3 fully saturated rings. The molecule has 30 heavy (non-hydrogen) atoms. The van der Waals surface area contributed by atoms with E-state index in [4.69, 9.17) is 18.9 Å². The molecule has 0 aromatic rings. The van der Waals surface area contributed by atoms with Crippen molar-refractivity contribution >= 4 is 0 Å². The first kappa shape index (κ1) is 24.4. The van der Waals surface area contributed by atoms with Gasteiger partial charge < -0.3 is 29.2 Å². The highest BCUT2D eigenvalue weighted by molar-refractivity contribution is 5.09. The highest BCUT2D eigenvalue weighted by Gasteiger charge is 2.65. The summed E-state index contributed by atoms with van der Waals surface area (Å²) >= 11 is 0. The van der Waals surface area contributed by atoms with Crippen LogP contribution >= 0.6 is 0 Å². The van der Waals surface area contributed by atoms with Gasteiger partial charge in [0.15, 0.2) is 11.6 Å². The van der Waals surface area contributed by atoms with Crippen LogP contribution in [0.5, 0.6) is 0 Å². The van der Waals surface area contributed by atoms with E-state index < -0.39 is 48.2 Å². The van der Waals surface area contributed by atoms with Crippen molar-refractivity contribution in [3.63, 3.8) is 0 Å². The minimum atomic E-state index is -0.897. The molecule has 0 radical (unpaired) electrons. The van der Waals surface area contributed by atoms with E-state index in [1.807, 2.05) is 0 Å². The number of aliphatic hydroxyl groups excluding tert-OH is 2. The maximum Gasteiger partial charge on any atom is 0.170 e. The Bertz CT molecular complexity index is 476. The Hall–Kier alpha value is -0.240. The molecule has 2 aliphatic heterocycles. The molecule has 2 saturated heterocycles. The average Bonchev–Trinajstić information content (AvgIpc) is 3.10. The summed E-state index contributed by atoms with van der Waals surface area (Å²) in [6.07, 6.45) is -1.37. The zero-order valence-corrected chi connectivity index (χ0v) is 20.1. The predicted molar refractivity (Wildman–Crippen MR) is 115 cm³/mol. The van der Waals surface area contributed by atoms with Crippen LogP contribution in [-0.2, 0) is 18.9 Å². The van der Waals surface area contributed by atoms with E-state index in [1.54, 1.807) is 0 Å². The second kappa shape index (κ2) is 8.95. The van der Waals surface area contributed by atoms with Crippen LogP contribution in [0.1, 0.15) is 81.1 Å². The second-order valence-electron chi connectivity index (χ2n) is 11.5. The molecule has 3 rings (SSSR count). The third-order valence-electron chi connectivity index (χ3n) is 6.27. The molecule has 1 aliphatic carbocycles. The van der Waals surface area contributed by atoms with Crippen molar-refractivity contribution in [2.75, 3.05) is 0 Å². The number of hydrogen-bond acceptors (Lipinski definition) is 6. The van der Waals surface area contributed by atoms with Gasteiger partial charge in [-0.05, 0) is 23.7 Å². The van der Waals surface area contributed by atoms with Crippen LogP contribution in [0.4, 0.5) is 0 Å². The van der Waals surface area contributed by atoms with Crippen molar-refractivity contribution < 1.29 is 29.2 Å². The first-order chi connectivity index (χ1) is 13.9. The third-order valence-corrected chi connectivity index (χ3v) is 6.27. The summed E-state index contributed by atoms with van der Waals surface area (Å²) in [5.41, 5.74) is 0. The Morgan fingerprint density at radius 3 is 0.867 bits per heavy atom. The van der Waals surface area contributed by atoms with Crippen molar-refractivity contribution in [3.05, 3.63) is 0 Å². The van der Waals surface area contributed by atoms with Crippen LogP contribution < -0.4 is 0 Å². The van der Waals surface area contributed by atoms with Gasteiger partial charge in [-0.2, -0.15) is 0 Å². The molecule has 6 heteroatoms. The highest BCUT2D eigenvalue weighted by atomic mass is 16.8. The molecule has 6 nitrogen and oxygen atoms in total. The Morgan fingerprint density at radius 1 is 0.500 bits per heavy atom. The Labute approximate surface area is 182 Å². The van der Waals surface area contributed by atoms with E-state index in [1.165, 1.54) is 0 Å². The molecule has 176 valence electrons. The number of ether oxygens (including phenoxy) is 4.